The number of nitrogens with zero attached hydrogens (tertiary/aromatic N) is 1. The first-order valence-electron chi connectivity index (χ1n) is 11.4. The molecular formula is C24H39IN4O3. The van der Waals surface area contributed by atoms with Crippen LogP contribution in [0, 0.1) is 5.41 Å². The number of ether oxygens (including phenoxy) is 3. The van der Waals surface area contributed by atoms with Gasteiger partial charge in [-0.15, -0.1) is 24.0 Å². The van der Waals surface area contributed by atoms with Crippen LogP contribution in [-0.4, -0.2) is 58.5 Å². The van der Waals surface area contributed by atoms with Crippen molar-refractivity contribution < 1.29 is 14.2 Å². The molecule has 180 valence electrons. The van der Waals surface area contributed by atoms with Crippen molar-refractivity contribution in [3.8, 4) is 11.5 Å². The van der Waals surface area contributed by atoms with Crippen molar-refractivity contribution in [3.63, 3.8) is 0 Å². The summed E-state index contributed by atoms with van der Waals surface area (Å²) >= 11 is 0. The zero-order valence-electron chi connectivity index (χ0n) is 19.9. The van der Waals surface area contributed by atoms with Crippen LogP contribution in [0.1, 0.15) is 44.7 Å². The molecule has 1 aliphatic rings. The van der Waals surface area contributed by atoms with Crippen molar-refractivity contribution in [3.05, 3.63) is 23.9 Å². The minimum Gasteiger partial charge on any atom is -0.497 e. The molecule has 1 aromatic heterocycles. The van der Waals surface area contributed by atoms with E-state index in [9.17, 15) is 0 Å². The second-order valence-electron chi connectivity index (χ2n) is 8.41. The average Bonchev–Trinajstić information content (AvgIpc) is 3.17. The van der Waals surface area contributed by atoms with Gasteiger partial charge in [0.05, 0.1) is 19.7 Å². The smallest absolute Gasteiger partial charge is 0.191 e. The molecule has 2 aromatic rings. The van der Waals surface area contributed by atoms with Gasteiger partial charge in [-0.05, 0) is 50.5 Å². The van der Waals surface area contributed by atoms with Crippen LogP contribution in [0.3, 0.4) is 0 Å². The number of halogens is 1. The number of aliphatic imine (C=N–C) groups is 1. The van der Waals surface area contributed by atoms with E-state index in [1.54, 1.807) is 21.3 Å². The van der Waals surface area contributed by atoms with Gasteiger partial charge in [0.15, 0.2) is 5.96 Å². The molecule has 0 aliphatic heterocycles. The highest BCUT2D eigenvalue weighted by atomic mass is 127. The molecule has 3 rings (SSSR count). The van der Waals surface area contributed by atoms with Gasteiger partial charge in [-0.3, -0.25) is 4.99 Å². The zero-order valence-corrected chi connectivity index (χ0v) is 22.2. The summed E-state index contributed by atoms with van der Waals surface area (Å²) in [6.45, 7) is 5.52. The number of benzene rings is 1. The van der Waals surface area contributed by atoms with Crippen LogP contribution in [-0.2, 0) is 11.2 Å². The number of fused-ring (bicyclic) bond motifs is 1. The SMILES string of the molecule is CCNC(=NCC1(CCOC)CCC1)NCCCc1cc2c(OC)cc(OC)cc2[nH]1.I. The topological polar surface area (TPSA) is 79.9 Å². The standard InChI is InChI=1S/C24H38N4O3.HI/c1-5-25-23(27-17-24(9-7-10-24)11-13-29-2)26-12-6-8-18-14-20-21(28-18)15-19(30-3)16-22(20)31-4;/h14-16,28H,5-13,17H2,1-4H3,(H2,25,26,27);1H. The number of hydrogen-bond acceptors (Lipinski definition) is 4. The second kappa shape index (κ2) is 13.1. The van der Waals surface area contributed by atoms with Gasteiger partial charge < -0.3 is 29.8 Å². The maximum absolute atomic E-state index is 5.52. The van der Waals surface area contributed by atoms with E-state index >= 15 is 0 Å². The van der Waals surface area contributed by atoms with Crippen LogP contribution in [0.25, 0.3) is 10.9 Å². The predicted molar refractivity (Wildman–Crippen MR) is 142 cm³/mol. The zero-order chi connectivity index (χ0) is 22.1. The quantitative estimate of drug-likeness (QED) is 0.155. The van der Waals surface area contributed by atoms with Gasteiger partial charge >= 0.3 is 0 Å². The molecule has 1 saturated carbocycles. The Morgan fingerprint density at radius 3 is 2.56 bits per heavy atom. The highest BCUT2D eigenvalue weighted by Gasteiger charge is 2.36. The number of guanidine groups is 1. The van der Waals surface area contributed by atoms with E-state index in [0.717, 1.165) is 73.9 Å². The Bertz CT molecular complexity index is 864. The highest BCUT2D eigenvalue weighted by Crippen LogP contribution is 2.44. The summed E-state index contributed by atoms with van der Waals surface area (Å²) in [6.07, 6.45) is 6.88. The van der Waals surface area contributed by atoms with Crippen LogP contribution in [0.5, 0.6) is 11.5 Å². The third-order valence-electron chi connectivity index (χ3n) is 6.27. The van der Waals surface area contributed by atoms with E-state index in [0.29, 0.717) is 5.41 Å². The van der Waals surface area contributed by atoms with Gasteiger partial charge in [0.2, 0.25) is 0 Å². The first-order valence-corrected chi connectivity index (χ1v) is 11.4. The normalized spacial score (nSPS) is 15.1. The van der Waals surface area contributed by atoms with Crippen LogP contribution in [0.2, 0.25) is 0 Å². The van der Waals surface area contributed by atoms with Gasteiger partial charge in [0, 0.05) is 56.6 Å². The largest absolute Gasteiger partial charge is 0.497 e. The third kappa shape index (κ3) is 6.91. The fourth-order valence-electron chi connectivity index (χ4n) is 4.22. The molecule has 0 amide bonds. The summed E-state index contributed by atoms with van der Waals surface area (Å²) in [6, 6.07) is 6.10. The van der Waals surface area contributed by atoms with Crippen LogP contribution < -0.4 is 20.1 Å². The maximum atomic E-state index is 5.52. The summed E-state index contributed by atoms with van der Waals surface area (Å²) in [5.74, 6) is 2.53. The predicted octanol–water partition coefficient (Wildman–Crippen LogP) is 4.50. The number of aromatic amines is 1. The molecule has 1 heterocycles. The molecule has 0 radical (unpaired) electrons. The fourth-order valence-corrected chi connectivity index (χ4v) is 4.22. The molecule has 0 spiro atoms. The summed E-state index contributed by atoms with van der Waals surface area (Å²) in [5.41, 5.74) is 2.57. The van der Waals surface area contributed by atoms with Gasteiger partial charge in [0.1, 0.15) is 11.5 Å². The molecule has 1 fully saturated rings. The third-order valence-corrected chi connectivity index (χ3v) is 6.27. The first-order chi connectivity index (χ1) is 15.1. The van der Waals surface area contributed by atoms with E-state index in [1.165, 1.54) is 25.0 Å². The lowest BCUT2D eigenvalue weighted by Gasteiger charge is -2.40. The molecule has 1 aliphatic carbocycles. The average molecular weight is 559 g/mol. The lowest BCUT2D eigenvalue weighted by molar-refractivity contribution is 0.0778. The van der Waals surface area contributed by atoms with Crippen molar-refractivity contribution in [1.82, 2.24) is 15.6 Å². The lowest BCUT2D eigenvalue weighted by atomic mass is 9.67. The summed E-state index contributed by atoms with van der Waals surface area (Å²) in [4.78, 5) is 8.37. The van der Waals surface area contributed by atoms with E-state index in [-0.39, 0.29) is 24.0 Å². The molecule has 0 bridgehead atoms. The molecule has 3 N–H and O–H groups in total. The Balaban J connectivity index is 0.00000363. The number of aryl methyl sites for hydroxylation is 1. The minimum absolute atomic E-state index is 0. The summed E-state index contributed by atoms with van der Waals surface area (Å²) in [5, 5.41) is 7.95. The van der Waals surface area contributed by atoms with Crippen molar-refractivity contribution in [2.45, 2.75) is 45.4 Å². The number of H-pyrrole nitrogens is 1. The van der Waals surface area contributed by atoms with Crippen LogP contribution in [0.15, 0.2) is 23.2 Å². The number of aromatic nitrogens is 1. The lowest BCUT2D eigenvalue weighted by Crippen LogP contribution is -2.40. The van der Waals surface area contributed by atoms with Gasteiger partial charge in [-0.25, -0.2) is 0 Å². The van der Waals surface area contributed by atoms with Crippen molar-refractivity contribution in [2.75, 3.05) is 47.6 Å². The molecule has 7 nitrogen and oxygen atoms in total. The van der Waals surface area contributed by atoms with Crippen molar-refractivity contribution in [2.24, 2.45) is 10.4 Å². The van der Waals surface area contributed by atoms with E-state index in [4.69, 9.17) is 19.2 Å². The molecule has 32 heavy (non-hydrogen) atoms. The Hall–Kier alpha value is -1.68. The molecule has 0 atom stereocenters. The monoisotopic (exact) mass is 558 g/mol. The Morgan fingerprint density at radius 2 is 1.94 bits per heavy atom. The van der Waals surface area contributed by atoms with Crippen molar-refractivity contribution >= 4 is 40.8 Å². The molecule has 0 unspecified atom stereocenters. The van der Waals surface area contributed by atoms with Crippen LogP contribution in [0.4, 0.5) is 0 Å². The number of hydrogen-bond donors (Lipinski definition) is 3. The van der Waals surface area contributed by atoms with Gasteiger partial charge in [-0.1, -0.05) is 6.42 Å². The minimum atomic E-state index is 0. The maximum Gasteiger partial charge on any atom is 0.191 e. The molecule has 1 aromatic carbocycles. The molecule has 8 heteroatoms. The van der Waals surface area contributed by atoms with Gasteiger partial charge in [-0.2, -0.15) is 0 Å². The fraction of sp³-hybridized carbons (Fsp3) is 0.625. The van der Waals surface area contributed by atoms with Crippen molar-refractivity contribution in [1.29, 1.82) is 0 Å². The Kier molecular flexibility index (Phi) is 10.9. The number of nitrogens with one attached hydrogen (secondary N) is 3. The molecular weight excluding hydrogens is 519 g/mol. The first kappa shape index (κ1) is 26.6. The van der Waals surface area contributed by atoms with E-state index in [1.807, 2.05) is 12.1 Å². The highest BCUT2D eigenvalue weighted by molar-refractivity contribution is 14.0. The Labute approximate surface area is 209 Å². The Morgan fingerprint density at radius 1 is 1.12 bits per heavy atom. The summed E-state index contributed by atoms with van der Waals surface area (Å²) < 4.78 is 16.2. The number of rotatable bonds is 12. The van der Waals surface area contributed by atoms with Crippen LogP contribution >= 0.6 is 24.0 Å². The van der Waals surface area contributed by atoms with E-state index < -0.39 is 0 Å². The second-order valence-corrected chi connectivity index (χ2v) is 8.41. The van der Waals surface area contributed by atoms with Gasteiger partial charge in [0.25, 0.3) is 0 Å². The molecule has 0 saturated heterocycles. The summed E-state index contributed by atoms with van der Waals surface area (Å²) in [7, 11) is 5.14. The number of methoxy groups -OCH3 is 3. The van der Waals surface area contributed by atoms with E-state index in [2.05, 4.69) is 28.6 Å².